The van der Waals surface area contributed by atoms with Crippen molar-refractivity contribution in [3.63, 3.8) is 0 Å². The molecular formula is C10H15N3. The van der Waals surface area contributed by atoms with Crippen molar-refractivity contribution in [3.8, 4) is 0 Å². The number of anilines is 2. The van der Waals surface area contributed by atoms with E-state index in [4.69, 9.17) is 5.73 Å². The van der Waals surface area contributed by atoms with Crippen LogP contribution in [0.25, 0.3) is 0 Å². The van der Waals surface area contributed by atoms with E-state index in [1.165, 1.54) is 0 Å². The lowest BCUT2D eigenvalue weighted by Crippen LogP contribution is -2.20. The number of pyridine rings is 1. The fraction of sp³-hybridized carbons (Fsp3) is 0.300. The summed E-state index contributed by atoms with van der Waals surface area (Å²) in [6, 6.07) is 5.60. The third-order valence-corrected chi connectivity index (χ3v) is 1.65. The second-order valence-electron chi connectivity index (χ2n) is 3.23. The van der Waals surface area contributed by atoms with E-state index >= 15 is 0 Å². The SMILES string of the molecule is C=C(C)CN(C)c1cccc(N)n1. The zero-order valence-corrected chi connectivity index (χ0v) is 8.12. The molecule has 70 valence electrons. The molecule has 0 bridgehead atoms. The first-order chi connectivity index (χ1) is 6.09. The second kappa shape index (κ2) is 3.94. The maximum absolute atomic E-state index is 5.57. The maximum atomic E-state index is 5.57. The van der Waals surface area contributed by atoms with Gasteiger partial charge in [0, 0.05) is 13.6 Å². The Morgan fingerprint density at radius 1 is 1.62 bits per heavy atom. The first-order valence-corrected chi connectivity index (χ1v) is 4.17. The lowest BCUT2D eigenvalue weighted by atomic mass is 10.3. The van der Waals surface area contributed by atoms with Crippen LogP contribution in [0.5, 0.6) is 0 Å². The summed E-state index contributed by atoms with van der Waals surface area (Å²) in [5.41, 5.74) is 6.67. The Labute approximate surface area is 78.9 Å². The summed E-state index contributed by atoms with van der Waals surface area (Å²) in [5.74, 6) is 1.43. The molecule has 0 unspecified atom stereocenters. The van der Waals surface area contributed by atoms with Crippen molar-refractivity contribution < 1.29 is 0 Å². The van der Waals surface area contributed by atoms with Crippen molar-refractivity contribution in [3.05, 3.63) is 30.4 Å². The Morgan fingerprint density at radius 3 is 2.85 bits per heavy atom. The Hall–Kier alpha value is -1.51. The van der Waals surface area contributed by atoms with Crippen LogP contribution < -0.4 is 10.6 Å². The predicted octanol–water partition coefficient (Wildman–Crippen LogP) is 1.68. The third kappa shape index (κ3) is 2.78. The molecule has 0 atom stereocenters. The van der Waals surface area contributed by atoms with Crippen LogP contribution in [0.4, 0.5) is 11.6 Å². The number of nitrogens with two attached hydrogens (primary N) is 1. The minimum Gasteiger partial charge on any atom is -0.384 e. The molecular weight excluding hydrogens is 162 g/mol. The van der Waals surface area contributed by atoms with Crippen LogP contribution in [0.3, 0.4) is 0 Å². The van der Waals surface area contributed by atoms with Crippen LogP contribution in [0.15, 0.2) is 30.4 Å². The van der Waals surface area contributed by atoms with Crippen LogP contribution >= 0.6 is 0 Å². The number of hydrogen-bond acceptors (Lipinski definition) is 3. The number of likely N-dealkylation sites (N-methyl/N-ethyl adjacent to an activating group) is 1. The van der Waals surface area contributed by atoms with Gasteiger partial charge in [-0.2, -0.15) is 0 Å². The highest BCUT2D eigenvalue weighted by molar-refractivity contribution is 5.44. The number of aromatic nitrogens is 1. The monoisotopic (exact) mass is 177 g/mol. The average molecular weight is 177 g/mol. The molecule has 0 spiro atoms. The van der Waals surface area contributed by atoms with Gasteiger partial charge in [-0.3, -0.25) is 0 Å². The Morgan fingerprint density at radius 2 is 2.31 bits per heavy atom. The average Bonchev–Trinajstić information content (AvgIpc) is 2.03. The topological polar surface area (TPSA) is 42.1 Å². The van der Waals surface area contributed by atoms with Gasteiger partial charge in [0.05, 0.1) is 0 Å². The van der Waals surface area contributed by atoms with E-state index in [0.717, 1.165) is 17.9 Å². The summed E-state index contributed by atoms with van der Waals surface area (Å²) < 4.78 is 0. The van der Waals surface area contributed by atoms with E-state index in [1.54, 1.807) is 6.07 Å². The summed E-state index contributed by atoms with van der Waals surface area (Å²) >= 11 is 0. The van der Waals surface area contributed by atoms with Crippen LogP contribution in [0.2, 0.25) is 0 Å². The van der Waals surface area contributed by atoms with Gasteiger partial charge < -0.3 is 10.6 Å². The molecule has 3 heteroatoms. The molecule has 2 N–H and O–H groups in total. The molecule has 0 amide bonds. The molecule has 1 aromatic heterocycles. The summed E-state index contributed by atoms with van der Waals surface area (Å²) in [4.78, 5) is 6.20. The molecule has 0 aliphatic carbocycles. The highest BCUT2D eigenvalue weighted by Gasteiger charge is 2.01. The van der Waals surface area contributed by atoms with E-state index in [2.05, 4.69) is 11.6 Å². The number of rotatable bonds is 3. The van der Waals surface area contributed by atoms with Gasteiger partial charge in [0.25, 0.3) is 0 Å². The van der Waals surface area contributed by atoms with Crippen molar-refractivity contribution >= 4 is 11.6 Å². The molecule has 0 aliphatic heterocycles. The van der Waals surface area contributed by atoms with Crippen LogP contribution in [-0.4, -0.2) is 18.6 Å². The van der Waals surface area contributed by atoms with Crippen LogP contribution in [-0.2, 0) is 0 Å². The molecule has 0 aliphatic rings. The minimum absolute atomic E-state index is 0.547. The molecule has 0 aromatic carbocycles. The maximum Gasteiger partial charge on any atom is 0.130 e. The lowest BCUT2D eigenvalue weighted by molar-refractivity contribution is 0.956. The zero-order valence-electron chi connectivity index (χ0n) is 8.12. The van der Waals surface area contributed by atoms with Crippen molar-refractivity contribution in [2.45, 2.75) is 6.92 Å². The number of hydrogen-bond donors (Lipinski definition) is 1. The predicted molar refractivity (Wildman–Crippen MR) is 56.7 cm³/mol. The summed E-state index contributed by atoms with van der Waals surface area (Å²) in [6.07, 6.45) is 0. The Kier molecular flexibility index (Phi) is 2.90. The van der Waals surface area contributed by atoms with E-state index in [0.29, 0.717) is 5.82 Å². The van der Waals surface area contributed by atoms with Gasteiger partial charge in [0.2, 0.25) is 0 Å². The molecule has 0 saturated heterocycles. The van der Waals surface area contributed by atoms with Crippen molar-refractivity contribution in [2.75, 3.05) is 24.2 Å². The molecule has 1 rings (SSSR count). The molecule has 13 heavy (non-hydrogen) atoms. The van der Waals surface area contributed by atoms with Crippen molar-refractivity contribution in [1.82, 2.24) is 4.98 Å². The van der Waals surface area contributed by atoms with Gasteiger partial charge in [-0.15, -0.1) is 0 Å². The van der Waals surface area contributed by atoms with Crippen molar-refractivity contribution in [1.29, 1.82) is 0 Å². The summed E-state index contributed by atoms with van der Waals surface area (Å²) in [7, 11) is 1.97. The van der Waals surface area contributed by atoms with Gasteiger partial charge in [0.15, 0.2) is 0 Å². The molecule has 1 aromatic rings. The second-order valence-corrected chi connectivity index (χ2v) is 3.23. The van der Waals surface area contributed by atoms with Crippen LogP contribution in [0.1, 0.15) is 6.92 Å². The summed E-state index contributed by atoms with van der Waals surface area (Å²) in [6.45, 7) is 6.63. The van der Waals surface area contributed by atoms with E-state index in [1.807, 2.05) is 31.0 Å². The molecule has 0 saturated carbocycles. The number of nitrogens with zero attached hydrogens (tertiary/aromatic N) is 2. The molecule has 0 fully saturated rings. The smallest absolute Gasteiger partial charge is 0.130 e. The molecule has 0 radical (unpaired) electrons. The minimum atomic E-state index is 0.547. The third-order valence-electron chi connectivity index (χ3n) is 1.65. The van der Waals surface area contributed by atoms with Crippen LogP contribution in [0, 0.1) is 0 Å². The zero-order chi connectivity index (χ0) is 9.84. The highest BCUT2D eigenvalue weighted by atomic mass is 15.2. The normalized spacial score (nSPS) is 9.69. The van der Waals surface area contributed by atoms with E-state index in [9.17, 15) is 0 Å². The Bertz CT molecular complexity index is 307. The lowest BCUT2D eigenvalue weighted by Gasteiger charge is -2.17. The largest absolute Gasteiger partial charge is 0.384 e. The standard InChI is InChI=1S/C10H15N3/c1-8(2)7-13(3)10-6-4-5-9(11)12-10/h4-6H,1,7H2,2-3H3,(H2,11,12). The first kappa shape index (κ1) is 9.58. The first-order valence-electron chi connectivity index (χ1n) is 4.17. The van der Waals surface area contributed by atoms with Crippen molar-refractivity contribution in [2.24, 2.45) is 0 Å². The summed E-state index contributed by atoms with van der Waals surface area (Å²) in [5, 5.41) is 0. The van der Waals surface area contributed by atoms with Gasteiger partial charge in [-0.1, -0.05) is 18.2 Å². The van der Waals surface area contributed by atoms with Gasteiger partial charge in [0.1, 0.15) is 11.6 Å². The van der Waals surface area contributed by atoms with Gasteiger partial charge >= 0.3 is 0 Å². The van der Waals surface area contributed by atoms with E-state index in [-0.39, 0.29) is 0 Å². The quantitative estimate of drug-likeness (QED) is 0.714. The fourth-order valence-electron chi connectivity index (χ4n) is 1.14. The number of nitrogen functional groups attached to an aromatic ring is 1. The fourth-order valence-corrected chi connectivity index (χ4v) is 1.14. The molecule has 3 nitrogen and oxygen atoms in total. The Balaban J connectivity index is 2.76. The van der Waals surface area contributed by atoms with Gasteiger partial charge in [-0.05, 0) is 19.1 Å². The van der Waals surface area contributed by atoms with Gasteiger partial charge in [-0.25, -0.2) is 4.98 Å². The van der Waals surface area contributed by atoms with E-state index < -0.39 is 0 Å². The highest BCUT2D eigenvalue weighted by Crippen LogP contribution is 2.11. The molecule has 1 heterocycles.